The number of rotatable bonds is 4. The molecule has 3 aromatic carbocycles. The van der Waals surface area contributed by atoms with Gasteiger partial charge in [0, 0.05) is 31.2 Å². The Morgan fingerprint density at radius 2 is 1.78 bits per heavy atom. The van der Waals surface area contributed by atoms with Crippen molar-refractivity contribution in [2.24, 2.45) is 0 Å². The Kier molecular flexibility index (Phi) is 5.87. The summed E-state index contributed by atoms with van der Waals surface area (Å²) in [6.45, 7) is 16.1. The summed E-state index contributed by atoms with van der Waals surface area (Å²) in [7, 11) is 0. The number of aromatic nitrogens is 2. The molecule has 1 spiro atoms. The van der Waals surface area contributed by atoms with Gasteiger partial charge in [0.05, 0.1) is 24.2 Å². The lowest BCUT2D eigenvalue weighted by atomic mass is 9.73. The fourth-order valence-electron chi connectivity index (χ4n) is 6.32. The number of H-pyrrole nitrogens is 1. The Bertz CT molecular complexity index is 1400. The molecule has 182 valence electrons. The Balaban J connectivity index is 1.37. The van der Waals surface area contributed by atoms with Crippen molar-refractivity contribution in [1.82, 2.24) is 19.8 Å². The number of aromatic amines is 1. The van der Waals surface area contributed by atoms with Gasteiger partial charge >= 0.3 is 0 Å². The van der Waals surface area contributed by atoms with E-state index in [-0.39, 0.29) is 5.54 Å². The molecule has 0 saturated carbocycles. The van der Waals surface area contributed by atoms with Crippen LogP contribution in [0.3, 0.4) is 0 Å². The third kappa shape index (κ3) is 4.01. The average Bonchev–Trinajstić information content (AvgIpc) is 3.33. The zero-order chi connectivity index (χ0) is 24.7. The maximum absolute atomic E-state index is 7.39. The van der Waals surface area contributed by atoms with Crippen LogP contribution in [0.5, 0.6) is 0 Å². The summed E-state index contributed by atoms with van der Waals surface area (Å²) in [5.74, 6) is 1.05. The molecule has 1 fully saturated rings. The van der Waals surface area contributed by atoms with Crippen LogP contribution in [0.1, 0.15) is 43.6 Å². The van der Waals surface area contributed by atoms with Gasteiger partial charge in [-0.2, -0.15) is 0 Å². The predicted octanol–water partition coefficient (Wildman–Crippen LogP) is 6.54. The molecule has 2 aliphatic rings. The fraction of sp³-hybridized carbons (Fsp3) is 0.355. The van der Waals surface area contributed by atoms with E-state index < -0.39 is 0 Å². The Labute approximate surface area is 213 Å². The van der Waals surface area contributed by atoms with Crippen LogP contribution >= 0.6 is 0 Å². The number of likely N-dealkylation sites (tertiary alicyclic amines) is 1. The van der Waals surface area contributed by atoms with E-state index in [1.54, 1.807) is 0 Å². The Morgan fingerprint density at radius 1 is 0.972 bits per heavy atom. The molecule has 6 rings (SSSR count). The summed E-state index contributed by atoms with van der Waals surface area (Å²) < 4.78 is 0. The van der Waals surface area contributed by atoms with E-state index in [9.17, 15) is 0 Å². The van der Waals surface area contributed by atoms with Crippen molar-refractivity contribution in [2.45, 2.75) is 51.2 Å². The van der Waals surface area contributed by atoms with Crippen LogP contribution < -0.4 is 0 Å². The number of fused-ring (bicyclic) bond motifs is 3. The van der Waals surface area contributed by atoms with Gasteiger partial charge < -0.3 is 9.88 Å². The van der Waals surface area contributed by atoms with E-state index in [0.29, 0.717) is 11.7 Å². The molecule has 1 saturated heterocycles. The van der Waals surface area contributed by atoms with Crippen LogP contribution in [0.4, 0.5) is 5.69 Å². The number of piperidine rings is 1. The van der Waals surface area contributed by atoms with E-state index in [2.05, 4.69) is 82.0 Å². The molecular formula is C31H33N5. The quantitative estimate of drug-likeness (QED) is 0.341. The van der Waals surface area contributed by atoms with Crippen LogP contribution in [0.2, 0.25) is 0 Å². The van der Waals surface area contributed by atoms with Gasteiger partial charge in [0.25, 0.3) is 0 Å². The third-order valence-electron chi connectivity index (χ3n) is 8.31. The largest absolute Gasteiger partial charge is 0.341 e. The first-order valence-electron chi connectivity index (χ1n) is 13.1. The lowest BCUT2D eigenvalue weighted by molar-refractivity contribution is -0.00588. The van der Waals surface area contributed by atoms with Crippen molar-refractivity contribution < 1.29 is 0 Å². The van der Waals surface area contributed by atoms with Crippen LogP contribution in [-0.4, -0.2) is 45.4 Å². The number of imidazole rings is 1. The number of para-hydroxylation sites is 2. The van der Waals surface area contributed by atoms with Crippen molar-refractivity contribution >= 4 is 16.7 Å². The molecule has 1 N–H and O–H groups in total. The molecule has 5 nitrogen and oxygen atoms in total. The maximum Gasteiger partial charge on any atom is 0.187 e. The SMILES string of the molecule is [C-]#[N+]c1cccc(-c2ccc3c(c2)CCN(Cc2nc4ccccc4[nH]2)C32CCN(C(C)C)CC2)c1. The summed E-state index contributed by atoms with van der Waals surface area (Å²) >= 11 is 0. The van der Waals surface area contributed by atoms with Gasteiger partial charge in [-0.3, -0.25) is 4.90 Å². The normalized spacial score (nSPS) is 17.9. The average molecular weight is 476 g/mol. The molecule has 3 heterocycles. The second kappa shape index (κ2) is 9.20. The molecule has 0 aliphatic carbocycles. The van der Waals surface area contributed by atoms with E-state index in [4.69, 9.17) is 11.6 Å². The molecule has 5 heteroatoms. The van der Waals surface area contributed by atoms with Gasteiger partial charge in [0.1, 0.15) is 5.82 Å². The van der Waals surface area contributed by atoms with Crippen molar-refractivity contribution in [2.75, 3.05) is 19.6 Å². The molecule has 0 atom stereocenters. The molecule has 0 radical (unpaired) electrons. The minimum absolute atomic E-state index is 0.0227. The summed E-state index contributed by atoms with van der Waals surface area (Å²) in [4.78, 5) is 17.4. The molecule has 0 unspecified atom stereocenters. The van der Waals surface area contributed by atoms with Crippen LogP contribution in [-0.2, 0) is 18.5 Å². The van der Waals surface area contributed by atoms with Gasteiger partial charge in [-0.25, -0.2) is 9.83 Å². The van der Waals surface area contributed by atoms with E-state index in [1.807, 2.05) is 18.2 Å². The van der Waals surface area contributed by atoms with Gasteiger partial charge in [0.2, 0.25) is 0 Å². The number of hydrogen-bond acceptors (Lipinski definition) is 3. The van der Waals surface area contributed by atoms with Crippen LogP contribution in [0.15, 0.2) is 66.7 Å². The first-order valence-corrected chi connectivity index (χ1v) is 13.1. The van der Waals surface area contributed by atoms with Crippen molar-refractivity contribution in [3.8, 4) is 11.1 Å². The minimum atomic E-state index is 0.0227. The van der Waals surface area contributed by atoms with Crippen molar-refractivity contribution in [3.05, 3.63) is 95.1 Å². The summed E-state index contributed by atoms with van der Waals surface area (Å²) in [5.41, 5.74) is 8.14. The van der Waals surface area contributed by atoms with Crippen molar-refractivity contribution in [1.29, 1.82) is 0 Å². The van der Waals surface area contributed by atoms with E-state index in [0.717, 1.165) is 67.9 Å². The third-order valence-corrected chi connectivity index (χ3v) is 8.31. The zero-order valence-electron chi connectivity index (χ0n) is 21.2. The predicted molar refractivity (Wildman–Crippen MR) is 146 cm³/mol. The topological polar surface area (TPSA) is 39.5 Å². The first-order chi connectivity index (χ1) is 17.6. The monoisotopic (exact) mass is 475 g/mol. The smallest absolute Gasteiger partial charge is 0.187 e. The molecule has 0 amide bonds. The lowest BCUT2D eigenvalue weighted by Crippen LogP contribution is -2.56. The highest BCUT2D eigenvalue weighted by Crippen LogP contribution is 2.45. The number of nitrogens with zero attached hydrogens (tertiary/aromatic N) is 4. The second-order valence-electron chi connectivity index (χ2n) is 10.6. The van der Waals surface area contributed by atoms with Gasteiger partial charge in [-0.15, -0.1) is 0 Å². The Hall–Kier alpha value is -3.46. The maximum atomic E-state index is 7.39. The molecule has 4 aromatic rings. The minimum Gasteiger partial charge on any atom is -0.341 e. The molecular weight excluding hydrogens is 442 g/mol. The van der Waals surface area contributed by atoms with E-state index in [1.165, 1.54) is 16.7 Å². The number of hydrogen-bond donors (Lipinski definition) is 1. The molecule has 36 heavy (non-hydrogen) atoms. The van der Waals surface area contributed by atoms with Gasteiger partial charge in [-0.1, -0.05) is 48.5 Å². The summed E-state index contributed by atoms with van der Waals surface area (Å²) in [6.07, 6.45) is 3.29. The highest BCUT2D eigenvalue weighted by Gasteiger charge is 2.45. The molecule has 0 bridgehead atoms. The fourth-order valence-corrected chi connectivity index (χ4v) is 6.32. The zero-order valence-corrected chi connectivity index (χ0v) is 21.2. The van der Waals surface area contributed by atoms with Gasteiger partial charge in [-0.05, 0) is 73.6 Å². The highest BCUT2D eigenvalue weighted by atomic mass is 15.3. The number of benzene rings is 3. The number of nitrogens with one attached hydrogen (secondary N) is 1. The summed E-state index contributed by atoms with van der Waals surface area (Å²) in [6, 6.07) is 23.9. The second-order valence-corrected chi connectivity index (χ2v) is 10.6. The van der Waals surface area contributed by atoms with Gasteiger partial charge in [0.15, 0.2) is 5.69 Å². The summed E-state index contributed by atoms with van der Waals surface area (Å²) in [5, 5.41) is 0. The van der Waals surface area contributed by atoms with Crippen molar-refractivity contribution in [3.63, 3.8) is 0 Å². The standard InChI is InChI=1S/C31H33N5/c1-22(2)35-17-14-31(15-18-35)27-12-11-24(23-7-6-8-26(20-23)32-3)19-25(27)13-16-36(31)21-30-33-28-9-4-5-10-29(28)34-30/h4-12,19-20,22H,13-18,21H2,1-2H3,(H,33,34). The molecule has 2 aliphatic heterocycles. The molecule has 1 aromatic heterocycles. The van der Waals surface area contributed by atoms with Crippen LogP contribution in [0, 0.1) is 6.57 Å². The first kappa shape index (κ1) is 23.0. The highest BCUT2D eigenvalue weighted by molar-refractivity contribution is 5.74. The van der Waals surface area contributed by atoms with Crippen LogP contribution in [0.25, 0.3) is 27.0 Å². The lowest BCUT2D eigenvalue weighted by Gasteiger charge is -2.53. The Morgan fingerprint density at radius 3 is 2.56 bits per heavy atom. The van der Waals surface area contributed by atoms with E-state index >= 15 is 0 Å².